The topological polar surface area (TPSA) is 64.4 Å². The summed E-state index contributed by atoms with van der Waals surface area (Å²) in [6.45, 7) is 5.04. The molecule has 0 saturated carbocycles. The maximum absolute atomic E-state index is 12.9. The molecular formula is C19H22ClN3O3. The van der Waals surface area contributed by atoms with Crippen molar-refractivity contribution >= 4 is 23.5 Å². The number of aromatic nitrogens is 2. The highest BCUT2D eigenvalue weighted by Crippen LogP contribution is 2.22. The summed E-state index contributed by atoms with van der Waals surface area (Å²) in [4.78, 5) is 26.7. The molecule has 7 heteroatoms. The second-order valence-corrected chi connectivity index (χ2v) is 6.81. The van der Waals surface area contributed by atoms with E-state index in [4.69, 9.17) is 16.3 Å². The largest absolute Gasteiger partial charge is 0.466 e. The third-order valence-electron chi connectivity index (χ3n) is 4.64. The summed E-state index contributed by atoms with van der Waals surface area (Å²) in [5.41, 5.74) is 2.15. The first kappa shape index (κ1) is 18.5. The Morgan fingerprint density at radius 1 is 1.31 bits per heavy atom. The lowest BCUT2D eigenvalue weighted by atomic mass is 9.97. The van der Waals surface area contributed by atoms with Gasteiger partial charge in [-0.2, -0.15) is 5.10 Å². The van der Waals surface area contributed by atoms with Crippen LogP contribution in [0.25, 0.3) is 5.69 Å². The van der Waals surface area contributed by atoms with Gasteiger partial charge in [0.05, 0.1) is 35.7 Å². The predicted molar refractivity (Wildman–Crippen MR) is 98.6 cm³/mol. The minimum absolute atomic E-state index is 0.100. The lowest BCUT2D eigenvalue weighted by molar-refractivity contribution is -0.149. The molecule has 0 N–H and O–H groups in total. The third-order valence-corrected chi connectivity index (χ3v) is 4.89. The second-order valence-electron chi connectivity index (χ2n) is 6.37. The van der Waals surface area contributed by atoms with E-state index in [9.17, 15) is 9.59 Å². The summed E-state index contributed by atoms with van der Waals surface area (Å²) in [7, 11) is 0. The summed E-state index contributed by atoms with van der Waals surface area (Å²) >= 11 is 5.93. The zero-order valence-corrected chi connectivity index (χ0v) is 15.7. The Kier molecular flexibility index (Phi) is 5.61. The van der Waals surface area contributed by atoms with Crippen molar-refractivity contribution in [2.24, 2.45) is 5.92 Å². The van der Waals surface area contributed by atoms with Gasteiger partial charge in [0.25, 0.3) is 5.91 Å². The van der Waals surface area contributed by atoms with Crippen LogP contribution in [0.5, 0.6) is 0 Å². The van der Waals surface area contributed by atoms with Crippen molar-refractivity contribution < 1.29 is 14.3 Å². The van der Waals surface area contributed by atoms with Crippen LogP contribution in [0.3, 0.4) is 0 Å². The van der Waals surface area contributed by atoms with Gasteiger partial charge >= 0.3 is 5.97 Å². The van der Waals surface area contributed by atoms with Gasteiger partial charge in [0.1, 0.15) is 0 Å². The first-order valence-corrected chi connectivity index (χ1v) is 9.15. The molecule has 0 spiro atoms. The van der Waals surface area contributed by atoms with Crippen molar-refractivity contribution in [3.8, 4) is 5.69 Å². The van der Waals surface area contributed by atoms with Gasteiger partial charge in [-0.25, -0.2) is 4.68 Å². The Hall–Kier alpha value is -2.34. The molecule has 1 amide bonds. The molecule has 138 valence electrons. The lowest BCUT2D eigenvalue weighted by Crippen LogP contribution is -2.43. The van der Waals surface area contributed by atoms with E-state index < -0.39 is 0 Å². The number of likely N-dealkylation sites (tertiary alicyclic amines) is 1. The minimum atomic E-state index is -0.251. The van der Waals surface area contributed by atoms with E-state index in [0.717, 1.165) is 24.2 Å². The van der Waals surface area contributed by atoms with Crippen LogP contribution in [-0.2, 0) is 9.53 Å². The van der Waals surface area contributed by atoms with Gasteiger partial charge in [0.2, 0.25) is 0 Å². The van der Waals surface area contributed by atoms with Gasteiger partial charge in [0.15, 0.2) is 0 Å². The second kappa shape index (κ2) is 7.91. The SMILES string of the molecule is CCOC(=O)C1CCCN(C(=O)c2cnn(-c3ccc(Cl)cc3)c2C)C1. The number of hydrogen-bond donors (Lipinski definition) is 0. The number of benzene rings is 1. The van der Waals surface area contributed by atoms with Crippen molar-refractivity contribution in [2.45, 2.75) is 26.7 Å². The number of nitrogens with zero attached hydrogens (tertiary/aromatic N) is 3. The fraction of sp³-hybridized carbons (Fsp3) is 0.421. The van der Waals surface area contributed by atoms with E-state index in [1.165, 1.54) is 0 Å². The molecular weight excluding hydrogens is 354 g/mol. The highest BCUT2D eigenvalue weighted by atomic mass is 35.5. The van der Waals surface area contributed by atoms with Crippen LogP contribution >= 0.6 is 11.6 Å². The van der Waals surface area contributed by atoms with E-state index in [1.54, 1.807) is 34.8 Å². The Balaban J connectivity index is 1.78. The molecule has 0 aliphatic carbocycles. The Labute approximate surface area is 157 Å². The number of halogens is 1. The molecule has 1 aromatic carbocycles. The Morgan fingerprint density at radius 2 is 2.04 bits per heavy atom. The molecule has 1 aromatic heterocycles. The molecule has 1 unspecified atom stereocenters. The summed E-state index contributed by atoms with van der Waals surface area (Å²) < 4.78 is 6.82. The van der Waals surface area contributed by atoms with E-state index in [-0.39, 0.29) is 17.8 Å². The molecule has 2 heterocycles. The van der Waals surface area contributed by atoms with Gasteiger partial charge in [-0.1, -0.05) is 11.6 Å². The van der Waals surface area contributed by atoms with Gasteiger partial charge in [-0.3, -0.25) is 9.59 Å². The van der Waals surface area contributed by atoms with Gasteiger partial charge < -0.3 is 9.64 Å². The molecule has 0 bridgehead atoms. The predicted octanol–water partition coefficient (Wildman–Crippen LogP) is 3.25. The molecule has 26 heavy (non-hydrogen) atoms. The average Bonchev–Trinajstić information content (AvgIpc) is 3.03. The smallest absolute Gasteiger partial charge is 0.310 e. The standard InChI is InChI=1S/C19H22ClN3O3/c1-3-26-19(25)14-5-4-10-22(12-14)18(24)17-11-21-23(13(17)2)16-8-6-15(20)7-9-16/h6-9,11,14H,3-5,10,12H2,1-2H3. The van der Waals surface area contributed by atoms with E-state index >= 15 is 0 Å². The van der Waals surface area contributed by atoms with Crippen LogP contribution in [0, 0.1) is 12.8 Å². The highest BCUT2D eigenvalue weighted by molar-refractivity contribution is 6.30. The Morgan fingerprint density at radius 3 is 2.73 bits per heavy atom. The van der Waals surface area contributed by atoms with Crippen LogP contribution in [0.4, 0.5) is 0 Å². The number of hydrogen-bond acceptors (Lipinski definition) is 4. The van der Waals surface area contributed by atoms with Crippen molar-refractivity contribution in [3.63, 3.8) is 0 Å². The highest BCUT2D eigenvalue weighted by Gasteiger charge is 2.31. The number of ether oxygens (including phenoxy) is 1. The van der Waals surface area contributed by atoms with Crippen LogP contribution in [0.15, 0.2) is 30.5 Å². The van der Waals surface area contributed by atoms with Crippen molar-refractivity contribution in [1.29, 1.82) is 0 Å². The fourth-order valence-electron chi connectivity index (χ4n) is 3.25. The maximum Gasteiger partial charge on any atom is 0.310 e. The summed E-state index contributed by atoms with van der Waals surface area (Å²) in [5, 5.41) is 5.00. The molecule has 0 radical (unpaired) electrons. The van der Waals surface area contributed by atoms with E-state index in [2.05, 4.69) is 5.10 Å². The summed E-state index contributed by atoms with van der Waals surface area (Å²) in [5.74, 6) is -0.574. The van der Waals surface area contributed by atoms with Gasteiger partial charge in [-0.05, 0) is 51.0 Å². The number of carbonyl (C=O) groups excluding carboxylic acids is 2. The van der Waals surface area contributed by atoms with Crippen molar-refractivity contribution in [3.05, 3.63) is 46.7 Å². The van der Waals surface area contributed by atoms with Gasteiger partial charge in [-0.15, -0.1) is 0 Å². The normalized spacial score (nSPS) is 17.2. The molecule has 1 aliphatic rings. The number of amides is 1. The summed E-state index contributed by atoms with van der Waals surface area (Å²) in [6.07, 6.45) is 3.13. The monoisotopic (exact) mass is 375 g/mol. The average molecular weight is 376 g/mol. The zero-order chi connectivity index (χ0) is 18.7. The molecule has 1 aliphatic heterocycles. The molecule has 2 aromatic rings. The maximum atomic E-state index is 12.9. The van der Waals surface area contributed by atoms with E-state index in [1.807, 2.05) is 19.1 Å². The van der Waals surface area contributed by atoms with Crippen molar-refractivity contribution in [1.82, 2.24) is 14.7 Å². The molecule has 6 nitrogen and oxygen atoms in total. The molecule has 1 saturated heterocycles. The lowest BCUT2D eigenvalue weighted by Gasteiger charge is -2.31. The Bertz CT molecular complexity index is 801. The molecule has 1 fully saturated rings. The van der Waals surface area contributed by atoms with Gasteiger partial charge in [0, 0.05) is 18.1 Å². The number of esters is 1. The number of carbonyl (C=O) groups is 2. The third kappa shape index (κ3) is 3.75. The number of rotatable bonds is 4. The van der Waals surface area contributed by atoms with Crippen LogP contribution < -0.4 is 0 Å². The summed E-state index contributed by atoms with van der Waals surface area (Å²) in [6, 6.07) is 7.28. The minimum Gasteiger partial charge on any atom is -0.466 e. The first-order chi connectivity index (χ1) is 12.5. The van der Waals surface area contributed by atoms with E-state index in [0.29, 0.717) is 30.3 Å². The zero-order valence-electron chi connectivity index (χ0n) is 14.9. The molecule has 1 atom stereocenters. The van der Waals surface area contributed by atoms with Crippen molar-refractivity contribution in [2.75, 3.05) is 19.7 Å². The quantitative estimate of drug-likeness (QED) is 0.769. The van der Waals surface area contributed by atoms with Crippen LogP contribution in [0.1, 0.15) is 35.8 Å². The van der Waals surface area contributed by atoms with Crippen LogP contribution in [-0.4, -0.2) is 46.3 Å². The fourth-order valence-corrected chi connectivity index (χ4v) is 3.37. The number of piperidine rings is 1. The molecule has 3 rings (SSSR count). The van der Waals surface area contributed by atoms with Crippen LogP contribution in [0.2, 0.25) is 5.02 Å². The first-order valence-electron chi connectivity index (χ1n) is 8.77.